The lowest BCUT2D eigenvalue weighted by atomic mass is 10.0. The summed E-state index contributed by atoms with van der Waals surface area (Å²) < 4.78 is 0. The number of nitrogens with zero attached hydrogens (tertiary/aromatic N) is 1. The van der Waals surface area contributed by atoms with Crippen LogP contribution in [0.15, 0.2) is 30.0 Å². The van der Waals surface area contributed by atoms with Crippen molar-refractivity contribution >= 4 is 17.6 Å². The zero-order chi connectivity index (χ0) is 18.3. The van der Waals surface area contributed by atoms with E-state index in [2.05, 4.69) is 10.6 Å². The fraction of sp³-hybridized carbons (Fsp3) is 0.389. The summed E-state index contributed by atoms with van der Waals surface area (Å²) in [6, 6.07) is 6.53. The molecule has 0 spiro atoms. The van der Waals surface area contributed by atoms with Gasteiger partial charge in [0.2, 0.25) is 0 Å². The number of nitriles is 1. The highest BCUT2D eigenvalue weighted by molar-refractivity contribution is 5.99. The summed E-state index contributed by atoms with van der Waals surface area (Å²) in [4.78, 5) is 23.4. The molecule has 0 aliphatic heterocycles. The molecule has 1 amide bonds. The molecule has 0 aliphatic rings. The van der Waals surface area contributed by atoms with E-state index in [1.165, 1.54) is 6.20 Å². The zero-order valence-corrected chi connectivity index (χ0v) is 14.4. The lowest BCUT2D eigenvalue weighted by Gasteiger charge is -2.16. The number of nitrogens with one attached hydrogen (secondary N) is 2. The third kappa shape index (κ3) is 5.43. The van der Waals surface area contributed by atoms with Gasteiger partial charge in [0.1, 0.15) is 17.7 Å². The molecule has 0 heterocycles. The van der Waals surface area contributed by atoms with Gasteiger partial charge in [0.15, 0.2) is 0 Å². The van der Waals surface area contributed by atoms with Crippen LogP contribution in [-0.2, 0) is 9.59 Å². The molecule has 0 bridgehead atoms. The summed E-state index contributed by atoms with van der Waals surface area (Å²) >= 11 is 0. The second kappa shape index (κ2) is 8.73. The SMILES string of the molecule is Cc1cccc(C)c1N/C=C(/C#N)C(=O)NC(CC(C)C)C(=O)O. The Morgan fingerprint density at radius 2 is 1.88 bits per heavy atom. The number of aryl methyl sites for hydroxylation is 2. The van der Waals surface area contributed by atoms with Crippen LogP contribution in [0.5, 0.6) is 0 Å². The number of carbonyl (C=O) groups excluding carboxylic acids is 1. The first-order chi connectivity index (χ1) is 11.3. The van der Waals surface area contributed by atoms with Gasteiger partial charge in [-0.05, 0) is 37.3 Å². The second-order valence-electron chi connectivity index (χ2n) is 6.07. The molecule has 0 radical (unpaired) electrons. The lowest BCUT2D eigenvalue weighted by molar-refractivity contribution is -0.141. The number of hydrogen-bond donors (Lipinski definition) is 3. The Morgan fingerprint density at radius 3 is 2.33 bits per heavy atom. The van der Waals surface area contributed by atoms with Crippen LogP contribution in [0, 0.1) is 31.1 Å². The number of benzene rings is 1. The van der Waals surface area contributed by atoms with Crippen molar-refractivity contribution in [3.8, 4) is 6.07 Å². The smallest absolute Gasteiger partial charge is 0.326 e. The summed E-state index contributed by atoms with van der Waals surface area (Å²) in [5, 5.41) is 23.7. The number of carbonyl (C=O) groups is 2. The van der Waals surface area contributed by atoms with E-state index in [-0.39, 0.29) is 11.5 Å². The van der Waals surface area contributed by atoms with Gasteiger partial charge in [-0.3, -0.25) is 4.79 Å². The highest BCUT2D eigenvalue weighted by Gasteiger charge is 2.22. The molecule has 128 valence electrons. The van der Waals surface area contributed by atoms with Gasteiger partial charge in [0, 0.05) is 11.9 Å². The molecular formula is C18H23N3O3. The normalized spacial score (nSPS) is 12.4. The second-order valence-corrected chi connectivity index (χ2v) is 6.07. The minimum absolute atomic E-state index is 0.105. The number of carboxylic acids is 1. The monoisotopic (exact) mass is 329 g/mol. The van der Waals surface area contributed by atoms with E-state index >= 15 is 0 Å². The van der Waals surface area contributed by atoms with Gasteiger partial charge in [0.05, 0.1) is 0 Å². The molecule has 1 atom stereocenters. The van der Waals surface area contributed by atoms with E-state index in [9.17, 15) is 20.0 Å². The quantitative estimate of drug-likeness (QED) is 0.527. The fourth-order valence-corrected chi connectivity index (χ4v) is 2.26. The molecular weight excluding hydrogens is 306 g/mol. The Bertz CT molecular complexity index is 667. The summed E-state index contributed by atoms with van der Waals surface area (Å²) in [6.45, 7) is 7.56. The van der Waals surface area contributed by atoms with Gasteiger partial charge in [-0.2, -0.15) is 5.26 Å². The van der Waals surface area contributed by atoms with Gasteiger partial charge in [-0.1, -0.05) is 32.0 Å². The van der Waals surface area contributed by atoms with Crippen molar-refractivity contribution in [2.24, 2.45) is 5.92 Å². The van der Waals surface area contributed by atoms with Crippen molar-refractivity contribution < 1.29 is 14.7 Å². The van der Waals surface area contributed by atoms with Crippen LogP contribution < -0.4 is 10.6 Å². The molecule has 1 aromatic rings. The van der Waals surface area contributed by atoms with E-state index in [0.29, 0.717) is 6.42 Å². The predicted molar refractivity (Wildman–Crippen MR) is 92.3 cm³/mol. The fourth-order valence-electron chi connectivity index (χ4n) is 2.26. The first-order valence-corrected chi connectivity index (χ1v) is 7.73. The van der Waals surface area contributed by atoms with Gasteiger partial charge in [-0.25, -0.2) is 4.79 Å². The van der Waals surface area contributed by atoms with E-state index in [0.717, 1.165) is 16.8 Å². The molecule has 24 heavy (non-hydrogen) atoms. The van der Waals surface area contributed by atoms with Crippen LogP contribution in [0.4, 0.5) is 5.69 Å². The predicted octanol–water partition coefficient (Wildman–Crippen LogP) is 2.74. The van der Waals surface area contributed by atoms with Gasteiger partial charge in [-0.15, -0.1) is 0 Å². The van der Waals surface area contributed by atoms with E-state index in [4.69, 9.17) is 0 Å². The maximum absolute atomic E-state index is 12.2. The average Bonchev–Trinajstić information content (AvgIpc) is 2.49. The summed E-state index contributed by atoms with van der Waals surface area (Å²) in [7, 11) is 0. The molecule has 1 aromatic carbocycles. The maximum atomic E-state index is 12.2. The number of anilines is 1. The Morgan fingerprint density at radius 1 is 1.29 bits per heavy atom. The van der Waals surface area contributed by atoms with Gasteiger partial charge >= 0.3 is 5.97 Å². The molecule has 0 saturated heterocycles. The highest BCUT2D eigenvalue weighted by atomic mass is 16.4. The highest BCUT2D eigenvalue weighted by Crippen LogP contribution is 2.19. The molecule has 3 N–H and O–H groups in total. The molecule has 0 aliphatic carbocycles. The van der Waals surface area contributed by atoms with Crippen molar-refractivity contribution in [1.82, 2.24) is 5.32 Å². The molecule has 1 unspecified atom stereocenters. The maximum Gasteiger partial charge on any atom is 0.326 e. The zero-order valence-electron chi connectivity index (χ0n) is 14.4. The first-order valence-electron chi connectivity index (χ1n) is 7.73. The molecule has 0 fully saturated rings. The van der Waals surface area contributed by atoms with Crippen molar-refractivity contribution in [2.75, 3.05) is 5.32 Å². The standard InChI is InChI=1S/C18H23N3O3/c1-11(2)8-15(18(23)24)21-17(22)14(9-19)10-20-16-12(3)6-5-7-13(16)4/h5-7,10-11,15,20H,8H2,1-4H3,(H,21,22)(H,23,24)/b14-10-. The molecule has 6 heteroatoms. The molecule has 1 rings (SSSR count). The largest absolute Gasteiger partial charge is 0.480 e. The van der Waals surface area contributed by atoms with Crippen molar-refractivity contribution in [2.45, 2.75) is 40.2 Å². The summed E-state index contributed by atoms with van der Waals surface area (Å²) in [6.07, 6.45) is 1.60. The van der Waals surface area contributed by atoms with Crippen LogP contribution >= 0.6 is 0 Å². The Balaban J connectivity index is 2.90. The third-order valence-corrected chi connectivity index (χ3v) is 3.52. The van der Waals surface area contributed by atoms with Crippen molar-refractivity contribution in [3.05, 3.63) is 41.1 Å². The van der Waals surface area contributed by atoms with Gasteiger partial charge in [0.25, 0.3) is 5.91 Å². The summed E-state index contributed by atoms with van der Waals surface area (Å²) in [5.74, 6) is -1.71. The van der Waals surface area contributed by atoms with Crippen LogP contribution in [0.1, 0.15) is 31.4 Å². The number of amides is 1. The minimum atomic E-state index is -1.11. The molecule has 6 nitrogen and oxygen atoms in total. The third-order valence-electron chi connectivity index (χ3n) is 3.52. The van der Waals surface area contributed by atoms with E-state index in [1.54, 1.807) is 6.07 Å². The average molecular weight is 329 g/mol. The molecule has 0 aromatic heterocycles. The van der Waals surface area contributed by atoms with Crippen molar-refractivity contribution in [3.63, 3.8) is 0 Å². The first kappa shape index (κ1) is 19.2. The number of carboxylic acid groups (broad SMARTS) is 1. The van der Waals surface area contributed by atoms with E-state index in [1.807, 2.05) is 45.9 Å². The van der Waals surface area contributed by atoms with Crippen LogP contribution in [0.2, 0.25) is 0 Å². The minimum Gasteiger partial charge on any atom is -0.480 e. The van der Waals surface area contributed by atoms with Crippen LogP contribution in [-0.4, -0.2) is 23.0 Å². The van der Waals surface area contributed by atoms with Crippen molar-refractivity contribution in [1.29, 1.82) is 5.26 Å². The summed E-state index contributed by atoms with van der Waals surface area (Å²) in [5.41, 5.74) is 2.60. The Kier molecular flexibility index (Phi) is 6.99. The van der Waals surface area contributed by atoms with Crippen LogP contribution in [0.3, 0.4) is 0 Å². The molecule has 0 saturated carbocycles. The van der Waals surface area contributed by atoms with Crippen LogP contribution in [0.25, 0.3) is 0 Å². The number of para-hydroxylation sites is 1. The lowest BCUT2D eigenvalue weighted by Crippen LogP contribution is -2.42. The number of hydrogen-bond acceptors (Lipinski definition) is 4. The van der Waals surface area contributed by atoms with Gasteiger partial charge < -0.3 is 15.7 Å². The topological polar surface area (TPSA) is 102 Å². The number of rotatable bonds is 7. The number of aliphatic carboxylic acids is 1. The Labute approximate surface area is 142 Å². The van der Waals surface area contributed by atoms with E-state index < -0.39 is 17.9 Å². The Hall–Kier alpha value is -2.81.